The highest BCUT2D eigenvalue weighted by atomic mass is 35.5. The third-order valence-corrected chi connectivity index (χ3v) is 3.34. The van der Waals surface area contributed by atoms with Crippen LogP contribution in [0.3, 0.4) is 0 Å². The standard InChI is InChI=1S/C13H16ClN3O4/c1-2-15-12(18)9-7-21-6-5-17(9)11-8(13(19)20)3-4-10(14)16-11/h3-4,9H,2,5-7H2,1H3,(H,15,18)(H,19,20). The van der Waals surface area contributed by atoms with Crippen molar-refractivity contribution in [3.8, 4) is 0 Å². The summed E-state index contributed by atoms with van der Waals surface area (Å²) in [6.45, 7) is 3.24. The number of morpholine rings is 1. The Bertz CT molecular complexity index is 552. The number of carbonyl (C=O) groups is 2. The Morgan fingerprint density at radius 2 is 2.33 bits per heavy atom. The van der Waals surface area contributed by atoms with Gasteiger partial charge in [0.15, 0.2) is 0 Å². The Morgan fingerprint density at radius 1 is 1.57 bits per heavy atom. The minimum atomic E-state index is -1.12. The van der Waals surface area contributed by atoms with Gasteiger partial charge in [-0.25, -0.2) is 9.78 Å². The van der Waals surface area contributed by atoms with E-state index in [4.69, 9.17) is 16.3 Å². The fraction of sp³-hybridized carbons (Fsp3) is 0.462. The van der Waals surface area contributed by atoms with Crippen LogP contribution in [-0.2, 0) is 9.53 Å². The van der Waals surface area contributed by atoms with Crippen LogP contribution in [0.4, 0.5) is 5.82 Å². The summed E-state index contributed by atoms with van der Waals surface area (Å²) in [5.41, 5.74) is 0.00981. The van der Waals surface area contributed by atoms with Gasteiger partial charge in [-0.1, -0.05) is 11.6 Å². The number of anilines is 1. The topological polar surface area (TPSA) is 91.8 Å². The average molecular weight is 314 g/mol. The molecule has 1 aliphatic rings. The number of carbonyl (C=O) groups excluding carboxylic acids is 1. The quantitative estimate of drug-likeness (QED) is 0.798. The lowest BCUT2D eigenvalue weighted by Gasteiger charge is -2.36. The first-order valence-electron chi connectivity index (χ1n) is 6.56. The number of hydrogen-bond donors (Lipinski definition) is 2. The molecule has 2 heterocycles. The van der Waals surface area contributed by atoms with Crippen LogP contribution in [0.2, 0.25) is 5.15 Å². The summed E-state index contributed by atoms with van der Waals surface area (Å²) in [5.74, 6) is -1.15. The van der Waals surface area contributed by atoms with Crippen molar-refractivity contribution in [1.82, 2.24) is 10.3 Å². The summed E-state index contributed by atoms with van der Waals surface area (Å²) in [6, 6.07) is 2.18. The van der Waals surface area contributed by atoms with Crippen molar-refractivity contribution in [2.45, 2.75) is 13.0 Å². The third-order valence-electron chi connectivity index (χ3n) is 3.13. The van der Waals surface area contributed by atoms with E-state index in [0.717, 1.165) is 0 Å². The first-order valence-corrected chi connectivity index (χ1v) is 6.94. The first-order chi connectivity index (χ1) is 10.0. The van der Waals surface area contributed by atoms with Crippen molar-refractivity contribution >= 4 is 29.3 Å². The van der Waals surface area contributed by atoms with Crippen LogP contribution in [0.5, 0.6) is 0 Å². The van der Waals surface area contributed by atoms with Crippen molar-refractivity contribution in [2.24, 2.45) is 0 Å². The van der Waals surface area contributed by atoms with Crippen LogP contribution in [0.15, 0.2) is 12.1 Å². The molecule has 1 saturated heterocycles. The summed E-state index contributed by atoms with van der Waals surface area (Å²) >= 11 is 5.87. The fourth-order valence-corrected chi connectivity index (χ4v) is 2.32. The smallest absolute Gasteiger partial charge is 0.339 e. The maximum atomic E-state index is 12.1. The predicted molar refractivity (Wildman–Crippen MR) is 76.8 cm³/mol. The first kappa shape index (κ1) is 15.5. The number of nitrogens with zero attached hydrogens (tertiary/aromatic N) is 2. The van der Waals surface area contributed by atoms with E-state index in [1.807, 2.05) is 6.92 Å². The van der Waals surface area contributed by atoms with E-state index < -0.39 is 12.0 Å². The molecule has 1 aromatic heterocycles. The van der Waals surface area contributed by atoms with Crippen LogP contribution in [0, 0.1) is 0 Å². The zero-order valence-corrected chi connectivity index (χ0v) is 12.3. The highest BCUT2D eigenvalue weighted by Crippen LogP contribution is 2.24. The second-order valence-corrected chi connectivity index (χ2v) is 4.88. The van der Waals surface area contributed by atoms with Gasteiger partial charge in [-0.05, 0) is 19.1 Å². The van der Waals surface area contributed by atoms with Gasteiger partial charge < -0.3 is 20.1 Å². The molecule has 114 valence electrons. The van der Waals surface area contributed by atoms with E-state index in [1.165, 1.54) is 12.1 Å². The molecule has 1 aromatic rings. The maximum absolute atomic E-state index is 12.1. The largest absolute Gasteiger partial charge is 0.478 e. The zero-order valence-electron chi connectivity index (χ0n) is 11.5. The predicted octanol–water partition coefficient (Wildman–Crippen LogP) is 0.774. The molecule has 1 unspecified atom stereocenters. The second-order valence-electron chi connectivity index (χ2n) is 4.49. The van der Waals surface area contributed by atoms with E-state index in [1.54, 1.807) is 4.90 Å². The number of carboxylic acid groups (broad SMARTS) is 1. The molecule has 8 heteroatoms. The number of halogens is 1. The van der Waals surface area contributed by atoms with Crippen LogP contribution < -0.4 is 10.2 Å². The summed E-state index contributed by atoms with van der Waals surface area (Å²) in [5, 5.41) is 12.2. The SMILES string of the molecule is CCNC(=O)C1COCCN1c1nc(Cl)ccc1C(=O)O. The van der Waals surface area contributed by atoms with Crippen LogP contribution in [-0.4, -0.2) is 54.3 Å². The summed E-state index contributed by atoms with van der Waals surface area (Å²) in [7, 11) is 0. The molecule has 21 heavy (non-hydrogen) atoms. The van der Waals surface area contributed by atoms with Crippen molar-refractivity contribution in [2.75, 3.05) is 31.2 Å². The molecule has 0 bridgehead atoms. The van der Waals surface area contributed by atoms with Gasteiger partial charge in [0, 0.05) is 13.1 Å². The van der Waals surface area contributed by atoms with Crippen molar-refractivity contribution < 1.29 is 19.4 Å². The fourth-order valence-electron chi connectivity index (χ4n) is 2.18. The highest BCUT2D eigenvalue weighted by molar-refractivity contribution is 6.29. The molecule has 1 amide bonds. The van der Waals surface area contributed by atoms with Gasteiger partial charge in [0.2, 0.25) is 5.91 Å². The summed E-state index contributed by atoms with van der Waals surface area (Å²) < 4.78 is 5.32. The molecule has 1 atom stereocenters. The van der Waals surface area contributed by atoms with Gasteiger partial charge >= 0.3 is 5.97 Å². The minimum Gasteiger partial charge on any atom is -0.478 e. The number of carboxylic acids is 1. The number of aromatic nitrogens is 1. The lowest BCUT2D eigenvalue weighted by molar-refractivity contribution is -0.124. The highest BCUT2D eigenvalue weighted by Gasteiger charge is 2.32. The van der Waals surface area contributed by atoms with E-state index in [9.17, 15) is 14.7 Å². The Kier molecular flexibility index (Phi) is 4.98. The zero-order chi connectivity index (χ0) is 15.4. The molecule has 0 aromatic carbocycles. The monoisotopic (exact) mass is 313 g/mol. The van der Waals surface area contributed by atoms with E-state index in [2.05, 4.69) is 10.3 Å². The number of likely N-dealkylation sites (N-methyl/N-ethyl adjacent to an activating group) is 1. The van der Waals surface area contributed by atoms with Gasteiger partial charge in [-0.15, -0.1) is 0 Å². The summed E-state index contributed by atoms with van der Waals surface area (Å²) in [6.07, 6.45) is 0. The van der Waals surface area contributed by atoms with Crippen molar-refractivity contribution in [1.29, 1.82) is 0 Å². The number of nitrogens with one attached hydrogen (secondary N) is 1. The van der Waals surface area contributed by atoms with E-state index >= 15 is 0 Å². The normalized spacial score (nSPS) is 18.4. The molecule has 7 nitrogen and oxygen atoms in total. The second kappa shape index (κ2) is 6.73. The van der Waals surface area contributed by atoms with Gasteiger partial charge in [-0.2, -0.15) is 0 Å². The van der Waals surface area contributed by atoms with Crippen molar-refractivity contribution in [3.63, 3.8) is 0 Å². The number of ether oxygens (including phenoxy) is 1. The van der Waals surface area contributed by atoms with Gasteiger partial charge in [0.05, 0.1) is 13.2 Å². The lowest BCUT2D eigenvalue weighted by atomic mass is 10.1. The molecule has 1 aliphatic heterocycles. The number of amides is 1. The van der Waals surface area contributed by atoms with Crippen LogP contribution in [0.25, 0.3) is 0 Å². The number of pyridine rings is 1. The Morgan fingerprint density at radius 3 is 3.00 bits per heavy atom. The van der Waals surface area contributed by atoms with Gasteiger partial charge in [0.1, 0.15) is 22.6 Å². The maximum Gasteiger partial charge on any atom is 0.339 e. The van der Waals surface area contributed by atoms with Crippen LogP contribution in [0.1, 0.15) is 17.3 Å². The third kappa shape index (κ3) is 3.43. The minimum absolute atomic E-state index is 0.00981. The molecule has 0 spiro atoms. The van der Waals surface area contributed by atoms with E-state index in [-0.39, 0.29) is 29.0 Å². The summed E-state index contributed by atoms with van der Waals surface area (Å²) in [4.78, 5) is 29.2. The average Bonchev–Trinajstić information content (AvgIpc) is 2.47. The molecule has 1 fully saturated rings. The van der Waals surface area contributed by atoms with Gasteiger partial charge in [0.25, 0.3) is 0 Å². The molecule has 0 saturated carbocycles. The molecular formula is C13H16ClN3O4. The Balaban J connectivity index is 2.39. The Labute approximate surface area is 126 Å². The Hall–Kier alpha value is -1.86. The molecular weight excluding hydrogens is 298 g/mol. The van der Waals surface area contributed by atoms with Crippen LogP contribution >= 0.6 is 11.6 Å². The molecule has 2 rings (SSSR count). The molecule has 2 N–H and O–H groups in total. The molecule has 0 radical (unpaired) electrons. The number of aromatic carboxylic acids is 1. The van der Waals surface area contributed by atoms with E-state index in [0.29, 0.717) is 19.7 Å². The number of rotatable bonds is 4. The number of hydrogen-bond acceptors (Lipinski definition) is 5. The lowest BCUT2D eigenvalue weighted by Crippen LogP contribution is -2.54. The molecule has 0 aliphatic carbocycles. The van der Waals surface area contributed by atoms with Gasteiger partial charge in [-0.3, -0.25) is 4.79 Å². The van der Waals surface area contributed by atoms with Crippen molar-refractivity contribution in [3.05, 3.63) is 22.8 Å².